The Bertz CT molecular complexity index is 616. The van der Waals surface area contributed by atoms with Crippen LogP contribution in [0, 0.1) is 5.92 Å². The number of nitrogen functional groups attached to an aromatic ring is 1. The van der Waals surface area contributed by atoms with Crippen molar-refractivity contribution < 1.29 is 13.5 Å². The van der Waals surface area contributed by atoms with Crippen molar-refractivity contribution in [1.29, 1.82) is 0 Å². The zero-order valence-electron chi connectivity index (χ0n) is 11.4. The number of hydrogen-bond donors (Lipinski definition) is 3. The molecule has 0 spiro atoms. The number of aliphatic hydroxyl groups excluding tert-OH is 1. The van der Waals surface area contributed by atoms with E-state index in [-0.39, 0.29) is 27.6 Å². The molecule has 1 aromatic carbocycles. The fourth-order valence-corrected chi connectivity index (χ4v) is 4.84. The summed E-state index contributed by atoms with van der Waals surface area (Å²) in [5.74, 6) is 0.249. The van der Waals surface area contributed by atoms with Gasteiger partial charge in [-0.1, -0.05) is 11.6 Å². The van der Waals surface area contributed by atoms with Gasteiger partial charge in [-0.25, -0.2) is 13.1 Å². The highest BCUT2D eigenvalue weighted by Crippen LogP contribution is 2.31. The lowest BCUT2D eigenvalue weighted by Crippen LogP contribution is -2.32. The molecule has 0 amide bonds. The maximum atomic E-state index is 12.4. The maximum Gasteiger partial charge on any atom is 0.241 e. The Labute approximate surface area is 138 Å². The SMILES string of the molecule is Nc1cc(Cl)cc(S(=O)(=O)NCC2CCC(O)CC2)c1Br. The van der Waals surface area contributed by atoms with E-state index in [1.807, 2.05) is 0 Å². The summed E-state index contributed by atoms with van der Waals surface area (Å²) >= 11 is 9.06. The van der Waals surface area contributed by atoms with Crippen molar-refractivity contribution in [3.8, 4) is 0 Å². The van der Waals surface area contributed by atoms with Crippen molar-refractivity contribution >= 4 is 43.2 Å². The van der Waals surface area contributed by atoms with Crippen LogP contribution in [0.15, 0.2) is 21.5 Å². The quantitative estimate of drug-likeness (QED) is 0.681. The van der Waals surface area contributed by atoms with Crippen LogP contribution in [-0.4, -0.2) is 26.2 Å². The van der Waals surface area contributed by atoms with Crippen molar-refractivity contribution in [3.05, 3.63) is 21.6 Å². The highest BCUT2D eigenvalue weighted by molar-refractivity contribution is 9.10. The summed E-state index contributed by atoms with van der Waals surface area (Å²) in [6.07, 6.45) is 2.84. The third-order valence-electron chi connectivity index (χ3n) is 3.70. The molecule has 0 aliphatic heterocycles. The average molecular weight is 398 g/mol. The first kappa shape index (κ1) is 17.0. The van der Waals surface area contributed by atoms with E-state index in [2.05, 4.69) is 20.7 Å². The summed E-state index contributed by atoms with van der Waals surface area (Å²) in [5, 5.41) is 9.73. The molecule has 21 heavy (non-hydrogen) atoms. The molecule has 0 heterocycles. The van der Waals surface area contributed by atoms with Gasteiger partial charge in [-0.2, -0.15) is 0 Å². The molecule has 2 rings (SSSR count). The molecular formula is C13H18BrClN2O3S. The molecule has 1 aromatic rings. The lowest BCUT2D eigenvalue weighted by atomic mass is 9.88. The summed E-state index contributed by atoms with van der Waals surface area (Å²) in [5.41, 5.74) is 6.00. The summed E-state index contributed by atoms with van der Waals surface area (Å²) in [4.78, 5) is 0.0448. The number of hydrogen-bond acceptors (Lipinski definition) is 4. The van der Waals surface area contributed by atoms with Crippen molar-refractivity contribution in [2.24, 2.45) is 5.92 Å². The fourth-order valence-electron chi connectivity index (χ4n) is 2.43. The Morgan fingerprint density at radius 2 is 1.95 bits per heavy atom. The van der Waals surface area contributed by atoms with Crippen molar-refractivity contribution in [2.45, 2.75) is 36.7 Å². The Morgan fingerprint density at radius 3 is 2.57 bits per heavy atom. The number of halogens is 2. The second kappa shape index (κ2) is 6.83. The van der Waals surface area contributed by atoms with Gasteiger partial charge in [-0.05, 0) is 59.7 Å². The van der Waals surface area contributed by atoms with Crippen molar-refractivity contribution in [3.63, 3.8) is 0 Å². The summed E-state index contributed by atoms with van der Waals surface area (Å²) in [6, 6.07) is 2.86. The zero-order chi connectivity index (χ0) is 15.6. The van der Waals surface area contributed by atoms with Crippen LogP contribution in [0.3, 0.4) is 0 Å². The topological polar surface area (TPSA) is 92.4 Å². The van der Waals surface area contributed by atoms with Crippen LogP contribution in [0.1, 0.15) is 25.7 Å². The first-order chi connectivity index (χ1) is 9.79. The predicted octanol–water partition coefficient (Wildman–Crippen LogP) is 2.51. The molecule has 0 bridgehead atoms. The number of anilines is 1. The lowest BCUT2D eigenvalue weighted by molar-refractivity contribution is 0.109. The van der Waals surface area contributed by atoms with E-state index in [0.29, 0.717) is 11.0 Å². The molecule has 1 fully saturated rings. The maximum absolute atomic E-state index is 12.4. The summed E-state index contributed by atoms with van der Waals surface area (Å²) in [6.45, 7) is 0.355. The summed E-state index contributed by atoms with van der Waals surface area (Å²) in [7, 11) is -3.67. The largest absolute Gasteiger partial charge is 0.398 e. The number of aliphatic hydroxyl groups is 1. The van der Waals surface area contributed by atoms with E-state index >= 15 is 0 Å². The van der Waals surface area contributed by atoms with Gasteiger partial charge in [0.25, 0.3) is 0 Å². The molecule has 0 aromatic heterocycles. The Hall–Kier alpha value is -0.340. The number of sulfonamides is 1. The third kappa shape index (κ3) is 4.32. The van der Waals surface area contributed by atoms with Crippen LogP contribution in [0.2, 0.25) is 5.02 Å². The molecular weight excluding hydrogens is 380 g/mol. The number of nitrogens with one attached hydrogen (secondary N) is 1. The van der Waals surface area contributed by atoms with E-state index in [0.717, 1.165) is 25.7 Å². The molecule has 1 aliphatic carbocycles. The van der Waals surface area contributed by atoms with Gasteiger partial charge in [-0.3, -0.25) is 0 Å². The first-order valence-corrected chi connectivity index (χ1v) is 9.37. The van der Waals surface area contributed by atoms with Crippen LogP contribution >= 0.6 is 27.5 Å². The van der Waals surface area contributed by atoms with Gasteiger partial charge in [0.15, 0.2) is 0 Å². The number of benzene rings is 1. The van der Waals surface area contributed by atoms with E-state index in [1.165, 1.54) is 12.1 Å². The predicted molar refractivity (Wildman–Crippen MR) is 86.7 cm³/mol. The summed E-state index contributed by atoms with van der Waals surface area (Å²) < 4.78 is 27.6. The minimum Gasteiger partial charge on any atom is -0.398 e. The standard InChI is InChI=1S/C13H18BrClN2O3S/c14-13-11(16)5-9(15)6-12(13)21(19,20)17-7-8-1-3-10(18)4-2-8/h5-6,8,10,17-18H,1-4,7,16H2. The molecule has 0 atom stereocenters. The van der Waals surface area contributed by atoms with Gasteiger partial charge < -0.3 is 10.8 Å². The van der Waals surface area contributed by atoms with E-state index in [4.69, 9.17) is 17.3 Å². The monoisotopic (exact) mass is 396 g/mol. The Kier molecular flexibility index (Phi) is 5.54. The average Bonchev–Trinajstić information content (AvgIpc) is 2.42. The Morgan fingerprint density at radius 1 is 1.33 bits per heavy atom. The molecule has 8 heteroatoms. The molecule has 4 N–H and O–H groups in total. The van der Waals surface area contributed by atoms with E-state index in [1.54, 1.807) is 0 Å². The van der Waals surface area contributed by atoms with E-state index in [9.17, 15) is 13.5 Å². The van der Waals surface area contributed by atoms with Crippen LogP contribution < -0.4 is 10.5 Å². The normalized spacial score (nSPS) is 23.2. The smallest absolute Gasteiger partial charge is 0.241 e. The van der Waals surface area contributed by atoms with Crippen LogP contribution in [0.5, 0.6) is 0 Å². The molecule has 5 nitrogen and oxygen atoms in total. The molecule has 0 unspecified atom stereocenters. The number of rotatable bonds is 4. The Balaban J connectivity index is 2.09. The van der Waals surface area contributed by atoms with Crippen LogP contribution in [-0.2, 0) is 10.0 Å². The molecule has 0 radical (unpaired) electrons. The van der Waals surface area contributed by atoms with Crippen molar-refractivity contribution in [2.75, 3.05) is 12.3 Å². The second-order valence-electron chi connectivity index (χ2n) is 5.33. The minimum atomic E-state index is -3.67. The molecule has 0 saturated heterocycles. The van der Waals surface area contributed by atoms with E-state index < -0.39 is 10.0 Å². The van der Waals surface area contributed by atoms with Gasteiger partial charge in [0, 0.05) is 17.3 Å². The van der Waals surface area contributed by atoms with Gasteiger partial charge in [0.2, 0.25) is 10.0 Å². The lowest BCUT2D eigenvalue weighted by Gasteiger charge is -2.25. The fraction of sp³-hybridized carbons (Fsp3) is 0.538. The van der Waals surface area contributed by atoms with Gasteiger partial charge in [0.1, 0.15) is 0 Å². The molecule has 1 aliphatic rings. The first-order valence-electron chi connectivity index (χ1n) is 6.72. The van der Waals surface area contributed by atoms with Crippen LogP contribution in [0.4, 0.5) is 5.69 Å². The van der Waals surface area contributed by atoms with Gasteiger partial charge in [0.05, 0.1) is 15.5 Å². The van der Waals surface area contributed by atoms with Gasteiger partial charge in [-0.15, -0.1) is 0 Å². The van der Waals surface area contributed by atoms with Crippen LogP contribution in [0.25, 0.3) is 0 Å². The van der Waals surface area contributed by atoms with Crippen molar-refractivity contribution in [1.82, 2.24) is 4.72 Å². The molecule has 1 saturated carbocycles. The highest BCUT2D eigenvalue weighted by Gasteiger charge is 2.24. The van der Waals surface area contributed by atoms with Gasteiger partial charge >= 0.3 is 0 Å². The minimum absolute atomic E-state index is 0.0448. The second-order valence-corrected chi connectivity index (χ2v) is 8.30. The zero-order valence-corrected chi connectivity index (χ0v) is 14.5. The third-order valence-corrected chi connectivity index (χ3v) is 6.51. The molecule has 118 valence electrons. The number of nitrogens with two attached hydrogens (primary N) is 1. The highest BCUT2D eigenvalue weighted by atomic mass is 79.9.